The molecule has 2 aliphatic rings. The van der Waals surface area contributed by atoms with E-state index in [1.54, 1.807) is 4.90 Å². The van der Waals surface area contributed by atoms with E-state index in [9.17, 15) is 10.1 Å². The molecule has 4 heterocycles. The van der Waals surface area contributed by atoms with E-state index >= 15 is 0 Å². The number of carbonyl (C=O) groups excluding carboxylic acids is 1. The number of pyridine rings is 1. The molecule has 9 heteroatoms. The molecule has 0 aliphatic carbocycles. The van der Waals surface area contributed by atoms with Gasteiger partial charge in [0.05, 0.1) is 29.8 Å². The average molecular weight is 560 g/mol. The molecule has 2 aromatic heterocycles. The molecule has 0 unspecified atom stereocenters. The van der Waals surface area contributed by atoms with Crippen LogP contribution in [0.4, 0.5) is 10.6 Å². The van der Waals surface area contributed by atoms with Gasteiger partial charge in [-0.25, -0.2) is 9.78 Å². The molecule has 8 nitrogen and oxygen atoms in total. The Morgan fingerprint density at radius 1 is 1.05 bits per heavy atom. The number of ether oxygens (including phenoxy) is 2. The second kappa shape index (κ2) is 12.2. The van der Waals surface area contributed by atoms with E-state index in [4.69, 9.17) is 14.5 Å². The van der Waals surface area contributed by atoms with Crippen LogP contribution in [0.1, 0.15) is 35.1 Å². The van der Waals surface area contributed by atoms with Crippen molar-refractivity contribution < 1.29 is 14.3 Å². The number of hydrogen-bond acceptors (Lipinski definition) is 6. The van der Waals surface area contributed by atoms with Crippen molar-refractivity contribution >= 4 is 41.0 Å². The highest BCUT2D eigenvalue weighted by Crippen LogP contribution is 2.36. The Morgan fingerprint density at radius 3 is 2.48 bits per heavy atom. The van der Waals surface area contributed by atoms with Crippen LogP contribution >= 0.6 is 12.4 Å². The number of amides is 1. The fourth-order valence-electron chi connectivity index (χ4n) is 5.98. The largest absolute Gasteiger partial charge is 0.445 e. The number of rotatable bonds is 5. The lowest BCUT2D eigenvalue weighted by Crippen LogP contribution is -2.39. The summed E-state index contributed by atoms with van der Waals surface area (Å²) in [7, 11) is 0. The Morgan fingerprint density at radius 2 is 1.75 bits per heavy atom. The molecule has 6 rings (SSSR count). The molecule has 2 saturated heterocycles. The van der Waals surface area contributed by atoms with Gasteiger partial charge in [0, 0.05) is 26.2 Å². The molecule has 0 N–H and O–H groups in total. The van der Waals surface area contributed by atoms with E-state index in [1.165, 1.54) is 0 Å². The van der Waals surface area contributed by atoms with Crippen LogP contribution in [0.3, 0.4) is 0 Å². The van der Waals surface area contributed by atoms with E-state index < -0.39 is 0 Å². The zero-order valence-electron chi connectivity index (χ0n) is 22.7. The van der Waals surface area contributed by atoms with E-state index in [0.29, 0.717) is 37.8 Å². The van der Waals surface area contributed by atoms with Gasteiger partial charge in [0.25, 0.3) is 0 Å². The first kappa shape index (κ1) is 27.8. The summed E-state index contributed by atoms with van der Waals surface area (Å²) in [6, 6.07) is 20.4. The van der Waals surface area contributed by atoms with Crippen molar-refractivity contribution in [2.24, 2.45) is 5.92 Å². The van der Waals surface area contributed by atoms with Gasteiger partial charge in [-0.15, -0.1) is 12.4 Å². The van der Waals surface area contributed by atoms with Crippen molar-refractivity contribution in [1.29, 1.82) is 5.26 Å². The van der Waals surface area contributed by atoms with E-state index in [0.717, 1.165) is 71.5 Å². The van der Waals surface area contributed by atoms with Crippen LogP contribution in [0.5, 0.6) is 0 Å². The Hall–Kier alpha value is -3.80. The second-order valence-corrected chi connectivity index (χ2v) is 10.4. The first-order valence-corrected chi connectivity index (χ1v) is 13.7. The lowest BCUT2D eigenvalue weighted by molar-refractivity contribution is 0.0823. The van der Waals surface area contributed by atoms with Crippen LogP contribution in [-0.2, 0) is 22.5 Å². The number of hydrogen-bond donors (Lipinski definition) is 0. The maximum absolute atomic E-state index is 12.7. The maximum Gasteiger partial charge on any atom is 0.410 e. The van der Waals surface area contributed by atoms with Crippen molar-refractivity contribution in [3.05, 3.63) is 76.9 Å². The number of nitrogens with zero attached hydrogens (tertiary/aromatic N) is 5. The Kier molecular flexibility index (Phi) is 8.43. The molecule has 0 saturated carbocycles. The number of fused-ring (bicyclic) bond motifs is 3. The number of nitriles is 1. The summed E-state index contributed by atoms with van der Waals surface area (Å²) in [5.74, 6) is 1.48. The van der Waals surface area contributed by atoms with E-state index in [-0.39, 0.29) is 25.1 Å². The topological polar surface area (TPSA) is 83.1 Å². The van der Waals surface area contributed by atoms with Gasteiger partial charge >= 0.3 is 6.09 Å². The Balaban J connectivity index is 0.00000323. The van der Waals surface area contributed by atoms with Crippen molar-refractivity contribution in [3.8, 4) is 6.07 Å². The quantitative estimate of drug-likeness (QED) is 0.320. The van der Waals surface area contributed by atoms with E-state index in [2.05, 4.69) is 28.4 Å². The van der Waals surface area contributed by atoms with Crippen molar-refractivity contribution in [3.63, 3.8) is 0 Å². The van der Waals surface area contributed by atoms with Gasteiger partial charge in [-0.05, 0) is 60.9 Å². The molecular formula is C31H34ClN5O3. The zero-order valence-corrected chi connectivity index (χ0v) is 23.5. The van der Waals surface area contributed by atoms with Gasteiger partial charge in [0.15, 0.2) is 5.65 Å². The summed E-state index contributed by atoms with van der Waals surface area (Å²) in [4.78, 5) is 21.8. The number of imidazole rings is 1. The summed E-state index contributed by atoms with van der Waals surface area (Å²) >= 11 is 0. The van der Waals surface area contributed by atoms with Gasteiger partial charge in [-0.3, -0.25) is 4.40 Å². The second-order valence-electron chi connectivity index (χ2n) is 10.4. The third-order valence-electron chi connectivity index (χ3n) is 8.08. The number of para-hydroxylation sites is 2. The summed E-state index contributed by atoms with van der Waals surface area (Å²) in [6.07, 6.45) is 2.28. The van der Waals surface area contributed by atoms with Crippen LogP contribution in [0.2, 0.25) is 0 Å². The van der Waals surface area contributed by atoms with Crippen LogP contribution in [0.25, 0.3) is 16.7 Å². The van der Waals surface area contributed by atoms with E-state index in [1.807, 2.05) is 48.5 Å². The van der Waals surface area contributed by atoms with Gasteiger partial charge in [0.2, 0.25) is 0 Å². The highest BCUT2D eigenvalue weighted by atomic mass is 35.5. The Labute approximate surface area is 240 Å². The molecule has 0 spiro atoms. The summed E-state index contributed by atoms with van der Waals surface area (Å²) in [6.45, 7) is 6.71. The van der Waals surface area contributed by atoms with Crippen molar-refractivity contribution in [2.75, 3.05) is 44.3 Å². The molecule has 40 heavy (non-hydrogen) atoms. The molecule has 1 amide bonds. The number of piperidine rings is 1. The molecular weight excluding hydrogens is 526 g/mol. The molecule has 2 aliphatic heterocycles. The third-order valence-corrected chi connectivity index (χ3v) is 8.08. The standard InChI is InChI=1S/C31H33N5O3.ClH/c1-22-25(19-23-11-13-35(14-12-23)31(37)39-21-24-7-3-2-4-8-24)26(20-32)29-33-27-9-5-6-10-28(27)36(29)30(22)34-15-17-38-18-16-34;/h2-10,23H,11-19,21H2,1H3;1H. The van der Waals surface area contributed by atoms with Gasteiger partial charge in [0.1, 0.15) is 18.5 Å². The normalized spacial score (nSPS) is 16.1. The van der Waals surface area contributed by atoms with Gasteiger partial charge < -0.3 is 19.3 Å². The monoisotopic (exact) mass is 559 g/mol. The number of likely N-dealkylation sites (tertiary alicyclic amines) is 1. The lowest BCUT2D eigenvalue weighted by Gasteiger charge is -2.34. The molecule has 0 bridgehead atoms. The van der Waals surface area contributed by atoms with Crippen LogP contribution in [0.15, 0.2) is 54.6 Å². The Bertz CT molecular complexity index is 1530. The predicted molar refractivity (Wildman–Crippen MR) is 157 cm³/mol. The maximum atomic E-state index is 12.7. The first-order chi connectivity index (χ1) is 19.1. The van der Waals surface area contributed by atoms with Crippen LogP contribution < -0.4 is 4.90 Å². The number of halogens is 1. The third kappa shape index (κ3) is 5.32. The minimum atomic E-state index is -0.258. The van der Waals surface area contributed by atoms with Gasteiger partial charge in [-0.1, -0.05) is 42.5 Å². The zero-order chi connectivity index (χ0) is 26.8. The SMILES string of the molecule is Cc1c(CC2CCN(C(=O)OCc3ccccc3)CC2)c(C#N)c2nc3ccccc3n2c1N1CCOCC1.Cl. The fourth-order valence-corrected chi connectivity index (χ4v) is 5.98. The van der Waals surface area contributed by atoms with Gasteiger partial charge in [-0.2, -0.15) is 5.26 Å². The lowest BCUT2D eigenvalue weighted by atomic mass is 9.87. The number of morpholine rings is 1. The summed E-state index contributed by atoms with van der Waals surface area (Å²) < 4.78 is 13.4. The molecule has 4 aromatic rings. The summed E-state index contributed by atoms with van der Waals surface area (Å²) in [5.41, 5.74) is 6.48. The number of aromatic nitrogens is 2. The highest BCUT2D eigenvalue weighted by molar-refractivity contribution is 5.86. The highest BCUT2D eigenvalue weighted by Gasteiger charge is 2.29. The first-order valence-electron chi connectivity index (χ1n) is 13.7. The number of anilines is 1. The average Bonchev–Trinajstić information content (AvgIpc) is 3.36. The minimum Gasteiger partial charge on any atom is -0.445 e. The summed E-state index contributed by atoms with van der Waals surface area (Å²) in [5, 5.41) is 10.4. The number of carbonyl (C=O) groups is 1. The molecule has 2 fully saturated rings. The van der Waals surface area contributed by atoms with Crippen molar-refractivity contribution in [2.45, 2.75) is 32.8 Å². The predicted octanol–water partition coefficient (Wildman–Crippen LogP) is 5.52. The fraction of sp³-hybridized carbons (Fsp3) is 0.387. The van der Waals surface area contributed by atoms with Crippen LogP contribution in [-0.4, -0.2) is 59.8 Å². The smallest absolute Gasteiger partial charge is 0.410 e. The van der Waals surface area contributed by atoms with Crippen molar-refractivity contribution in [1.82, 2.24) is 14.3 Å². The molecule has 0 radical (unpaired) electrons. The molecule has 2 aromatic carbocycles. The number of benzene rings is 2. The molecule has 0 atom stereocenters. The molecule has 208 valence electrons. The minimum absolute atomic E-state index is 0. The van der Waals surface area contributed by atoms with Crippen LogP contribution in [0, 0.1) is 24.2 Å².